The van der Waals surface area contributed by atoms with Crippen LogP contribution < -0.4 is 11.3 Å². The van der Waals surface area contributed by atoms with E-state index in [0.717, 1.165) is 11.1 Å². The lowest BCUT2D eigenvalue weighted by Gasteiger charge is -2.14. The molecular formula is C18H18FN3O. The monoisotopic (exact) mass is 311 g/mol. The van der Waals surface area contributed by atoms with Crippen LogP contribution in [0.4, 0.5) is 4.39 Å². The molecule has 3 rings (SSSR count). The predicted molar refractivity (Wildman–Crippen MR) is 89.7 cm³/mol. The van der Waals surface area contributed by atoms with Crippen LogP contribution in [0.3, 0.4) is 0 Å². The van der Waals surface area contributed by atoms with Gasteiger partial charge in [0.25, 0.3) is 5.56 Å². The van der Waals surface area contributed by atoms with E-state index in [0.29, 0.717) is 22.3 Å². The van der Waals surface area contributed by atoms with Crippen molar-refractivity contribution in [2.45, 2.75) is 19.9 Å². The van der Waals surface area contributed by atoms with Gasteiger partial charge in [0.15, 0.2) is 0 Å². The summed E-state index contributed by atoms with van der Waals surface area (Å²) in [5.41, 5.74) is 8.78. The lowest BCUT2D eigenvalue weighted by Crippen LogP contribution is -2.21. The summed E-state index contributed by atoms with van der Waals surface area (Å²) in [5, 5.41) is 0.528. The molecule has 0 saturated heterocycles. The molecule has 0 aliphatic rings. The Labute approximate surface area is 133 Å². The van der Waals surface area contributed by atoms with Crippen molar-refractivity contribution >= 4 is 10.9 Å². The lowest BCUT2D eigenvalue weighted by atomic mass is 10.0. The van der Waals surface area contributed by atoms with Gasteiger partial charge >= 0.3 is 0 Å². The Morgan fingerprint density at radius 1 is 1.26 bits per heavy atom. The summed E-state index contributed by atoms with van der Waals surface area (Å²) in [4.78, 5) is 17.3. The Hall–Kier alpha value is -2.53. The van der Waals surface area contributed by atoms with Crippen LogP contribution in [0, 0.1) is 12.7 Å². The fourth-order valence-corrected chi connectivity index (χ4v) is 2.79. The minimum absolute atomic E-state index is 0.167. The second-order valence-electron chi connectivity index (χ2n) is 5.85. The van der Waals surface area contributed by atoms with Crippen molar-refractivity contribution in [2.24, 2.45) is 12.8 Å². The number of aryl methyl sites for hydroxylation is 1. The molecule has 23 heavy (non-hydrogen) atoms. The lowest BCUT2D eigenvalue weighted by molar-refractivity contribution is 0.628. The van der Waals surface area contributed by atoms with E-state index in [1.54, 1.807) is 19.2 Å². The Morgan fingerprint density at radius 2 is 2.00 bits per heavy atom. The van der Waals surface area contributed by atoms with Crippen LogP contribution in [-0.2, 0) is 7.05 Å². The highest BCUT2D eigenvalue weighted by molar-refractivity contribution is 5.84. The van der Waals surface area contributed by atoms with Crippen LogP contribution in [0.25, 0.3) is 22.3 Å². The second kappa shape index (κ2) is 5.59. The predicted octanol–water partition coefficient (Wildman–Crippen LogP) is 3.07. The molecule has 3 aromatic rings. The summed E-state index contributed by atoms with van der Waals surface area (Å²) in [6, 6.07) is 9.56. The largest absolute Gasteiger partial charge is 0.324 e. The van der Waals surface area contributed by atoms with Gasteiger partial charge in [-0.3, -0.25) is 9.36 Å². The van der Waals surface area contributed by atoms with Crippen LogP contribution in [-0.4, -0.2) is 9.55 Å². The summed E-state index contributed by atoms with van der Waals surface area (Å²) >= 11 is 0. The van der Waals surface area contributed by atoms with Gasteiger partial charge in [-0.05, 0) is 43.2 Å². The number of benzene rings is 2. The Kier molecular flexibility index (Phi) is 3.74. The van der Waals surface area contributed by atoms with Gasteiger partial charge in [-0.15, -0.1) is 0 Å². The molecule has 0 radical (unpaired) electrons. The van der Waals surface area contributed by atoms with Gasteiger partial charge in [-0.2, -0.15) is 0 Å². The minimum atomic E-state index is -0.367. The molecule has 0 spiro atoms. The number of aromatic nitrogens is 2. The fraction of sp³-hybridized carbons (Fsp3) is 0.222. The summed E-state index contributed by atoms with van der Waals surface area (Å²) in [6.45, 7) is 3.78. The van der Waals surface area contributed by atoms with Gasteiger partial charge in [0.2, 0.25) is 0 Å². The van der Waals surface area contributed by atoms with Crippen molar-refractivity contribution < 1.29 is 4.39 Å². The first-order valence-corrected chi connectivity index (χ1v) is 7.41. The molecule has 0 amide bonds. The third kappa shape index (κ3) is 2.64. The normalized spacial score (nSPS) is 12.6. The molecular weight excluding hydrogens is 293 g/mol. The smallest absolute Gasteiger partial charge is 0.261 e. The molecule has 1 aromatic heterocycles. The summed E-state index contributed by atoms with van der Waals surface area (Å²) < 4.78 is 15.0. The van der Waals surface area contributed by atoms with Gasteiger partial charge in [0.05, 0.1) is 10.9 Å². The molecule has 0 aliphatic carbocycles. The molecule has 0 fully saturated rings. The zero-order valence-electron chi connectivity index (χ0n) is 13.3. The van der Waals surface area contributed by atoms with E-state index in [4.69, 9.17) is 5.73 Å². The zero-order valence-corrected chi connectivity index (χ0v) is 13.3. The van der Waals surface area contributed by atoms with Crippen LogP contribution >= 0.6 is 0 Å². The summed E-state index contributed by atoms with van der Waals surface area (Å²) in [7, 11) is 1.64. The molecule has 118 valence electrons. The van der Waals surface area contributed by atoms with Crippen molar-refractivity contribution in [3.8, 4) is 11.4 Å². The van der Waals surface area contributed by atoms with E-state index < -0.39 is 0 Å². The number of fused-ring (bicyclic) bond motifs is 1. The SMILES string of the molecule is Cc1cc(C(C)N)c2nc(-c3cccc(F)c3)n(C)c(=O)c2c1. The zero-order chi connectivity index (χ0) is 16.7. The number of nitrogens with two attached hydrogens (primary N) is 1. The van der Waals surface area contributed by atoms with Gasteiger partial charge in [-0.1, -0.05) is 18.2 Å². The molecule has 1 atom stereocenters. The standard InChI is InChI=1S/C18H18FN3O/c1-10-7-14(11(2)20)16-15(8-10)18(23)22(3)17(21-16)12-5-4-6-13(19)9-12/h4-9,11H,20H2,1-3H3. The third-order valence-corrected chi connectivity index (χ3v) is 3.93. The van der Waals surface area contributed by atoms with Crippen LogP contribution in [0.5, 0.6) is 0 Å². The first kappa shape index (κ1) is 15.4. The van der Waals surface area contributed by atoms with Gasteiger partial charge in [0.1, 0.15) is 11.6 Å². The van der Waals surface area contributed by atoms with Crippen molar-refractivity contribution in [1.29, 1.82) is 0 Å². The average molecular weight is 311 g/mol. The number of hydrogen-bond acceptors (Lipinski definition) is 3. The minimum Gasteiger partial charge on any atom is -0.324 e. The molecule has 0 saturated carbocycles. The maximum atomic E-state index is 13.5. The molecule has 1 unspecified atom stereocenters. The average Bonchev–Trinajstić information content (AvgIpc) is 2.50. The Balaban J connectivity index is 2.42. The first-order chi connectivity index (χ1) is 10.9. The van der Waals surface area contributed by atoms with E-state index >= 15 is 0 Å². The van der Waals surface area contributed by atoms with Gasteiger partial charge < -0.3 is 5.73 Å². The third-order valence-electron chi connectivity index (χ3n) is 3.93. The quantitative estimate of drug-likeness (QED) is 0.791. The highest BCUT2D eigenvalue weighted by atomic mass is 19.1. The molecule has 5 heteroatoms. The Morgan fingerprint density at radius 3 is 2.65 bits per heavy atom. The number of halogens is 1. The molecule has 2 aromatic carbocycles. The van der Waals surface area contributed by atoms with E-state index in [2.05, 4.69) is 4.98 Å². The summed E-state index contributed by atoms with van der Waals surface area (Å²) in [5.74, 6) is 0.0564. The van der Waals surface area contributed by atoms with Crippen LogP contribution in [0.15, 0.2) is 41.2 Å². The summed E-state index contributed by atoms with van der Waals surface area (Å²) in [6.07, 6.45) is 0. The van der Waals surface area contributed by atoms with E-state index in [1.807, 2.05) is 26.0 Å². The first-order valence-electron chi connectivity index (χ1n) is 7.41. The molecule has 0 bridgehead atoms. The Bertz CT molecular complexity index is 960. The van der Waals surface area contributed by atoms with Crippen molar-refractivity contribution in [3.63, 3.8) is 0 Å². The highest BCUT2D eigenvalue weighted by Crippen LogP contribution is 2.25. The molecule has 1 heterocycles. The number of rotatable bonds is 2. The van der Waals surface area contributed by atoms with Crippen molar-refractivity contribution in [1.82, 2.24) is 9.55 Å². The fourth-order valence-electron chi connectivity index (χ4n) is 2.79. The van der Waals surface area contributed by atoms with Gasteiger partial charge in [0, 0.05) is 18.7 Å². The number of hydrogen-bond donors (Lipinski definition) is 1. The maximum absolute atomic E-state index is 13.5. The molecule has 0 aliphatic heterocycles. The number of nitrogens with zero attached hydrogens (tertiary/aromatic N) is 2. The van der Waals surface area contributed by atoms with E-state index in [-0.39, 0.29) is 17.4 Å². The highest BCUT2D eigenvalue weighted by Gasteiger charge is 2.15. The van der Waals surface area contributed by atoms with E-state index in [1.165, 1.54) is 16.7 Å². The maximum Gasteiger partial charge on any atom is 0.261 e. The van der Waals surface area contributed by atoms with E-state index in [9.17, 15) is 9.18 Å². The van der Waals surface area contributed by atoms with Crippen LogP contribution in [0.1, 0.15) is 24.1 Å². The van der Waals surface area contributed by atoms with Gasteiger partial charge in [-0.25, -0.2) is 9.37 Å². The van der Waals surface area contributed by atoms with Crippen LogP contribution in [0.2, 0.25) is 0 Å². The second-order valence-corrected chi connectivity index (χ2v) is 5.85. The van der Waals surface area contributed by atoms with Crippen molar-refractivity contribution in [3.05, 3.63) is 63.7 Å². The topological polar surface area (TPSA) is 60.9 Å². The van der Waals surface area contributed by atoms with Crippen molar-refractivity contribution in [2.75, 3.05) is 0 Å². The molecule has 4 nitrogen and oxygen atoms in total. The molecule has 2 N–H and O–H groups in total.